The third-order valence-corrected chi connectivity index (χ3v) is 5.24. The van der Waals surface area contributed by atoms with E-state index in [0.29, 0.717) is 5.95 Å². The van der Waals surface area contributed by atoms with Crippen LogP contribution in [0, 0.1) is 12.8 Å². The summed E-state index contributed by atoms with van der Waals surface area (Å²) in [6.07, 6.45) is 3.66. The van der Waals surface area contributed by atoms with E-state index in [4.69, 9.17) is 9.97 Å². The molecule has 0 atom stereocenters. The lowest BCUT2D eigenvalue weighted by Gasteiger charge is -2.23. The van der Waals surface area contributed by atoms with Crippen molar-refractivity contribution >= 4 is 17.1 Å². The van der Waals surface area contributed by atoms with Crippen molar-refractivity contribution in [1.82, 2.24) is 24.8 Å². The number of fused-ring (bicyclic) bond motifs is 1. The fourth-order valence-corrected chi connectivity index (χ4v) is 3.75. The third-order valence-electron chi connectivity index (χ3n) is 5.24. The molecule has 3 aromatic rings. The Hall–Kier alpha value is -2.47. The Morgan fingerprint density at radius 3 is 2.62 bits per heavy atom. The molecule has 3 heterocycles. The molecule has 2 aromatic heterocycles. The van der Waals surface area contributed by atoms with Gasteiger partial charge in [0.25, 0.3) is 0 Å². The summed E-state index contributed by atoms with van der Waals surface area (Å²) in [7, 11) is 1.86. The number of hydrogen-bond donors (Lipinski definition) is 2. The first-order chi connectivity index (χ1) is 12.8. The number of rotatable bonds is 5. The smallest absolute Gasteiger partial charge is 0.224 e. The van der Waals surface area contributed by atoms with Gasteiger partial charge in [-0.1, -0.05) is 30.3 Å². The van der Waals surface area contributed by atoms with Crippen molar-refractivity contribution in [3.63, 3.8) is 0 Å². The van der Waals surface area contributed by atoms with Crippen LogP contribution in [0.5, 0.6) is 0 Å². The average molecular weight is 350 g/mol. The summed E-state index contributed by atoms with van der Waals surface area (Å²) in [5, 5.41) is 6.52. The van der Waals surface area contributed by atoms with Crippen molar-refractivity contribution in [2.75, 3.05) is 25.5 Å². The second kappa shape index (κ2) is 7.41. The molecular weight excluding hydrogens is 324 g/mol. The van der Waals surface area contributed by atoms with Crippen LogP contribution in [0.1, 0.15) is 25.0 Å². The van der Waals surface area contributed by atoms with Crippen molar-refractivity contribution in [2.45, 2.75) is 32.7 Å². The van der Waals surface area contributed by atoms with Crippen molar-refractivity contribution in [2.24, 2.45) is 5.92 Å². The molecule has 1 aliphatic rings. The van der Waals surface area contributed by atoms with Gasteiger partial charge in [0.05, 0.1) is 5.69 Å². The van der Waals surface area contributed by atoms with Gasteiger partial charge in [-0.3, -0.25) is 0 Å². The SMILES string of the molecule is CNc1nc(C)c2nc(-c3ccccc3)n(CCC3CCNCC3)c2n1. The predicted octanol–water partition coefficient (Wildman–Crippen LogP) is 3.23. The van der Waals surface area contributed by atoms with Crippen LogP contribution in [0.15, 0.2) is 30.3 Å². The van der Waals surface area contributed by atoms with Crippen LogP contribution in [0.2, 0.25) is 0 Å². The van der Waals surface area contributed by atoms with Gasteiger partial charge in [0.15, 0.2) is 5.65 Å². The lowest BCUT2D eigenvalue weighted by Crippen LogP contribution is -2.28. The Morgan fingerprint density at radius 2 is 1.88 bits per heavy atom. The number of anilines is 1. The van der Waals surface area contributed by atoms with Gasteiger partial charge in [-0.25, -0.2) is 9.97 Å². The Kier molecular flexibility index (Phi) is 4.84. The van der Waals surface area contributed by atoms with Gasteiger partial charge in [0.1, 0.15) is 11.3 Å². The Morgan fingerprint density at radius 1 is 1.12 bits per heavy atom. The van der Waals surface area contributed by atoms with Gasteiger partial charge in [0, 0.05) is 19.2 Å². The molecule has 0 aliphatic carbocycles. The third kappa shape index (κ3) is 3.29. The molecule has 26 heavy (non-hydrogen) atoms. The second-order valence-electron chi connectivity index (χ2n) is 6.99. The van der Waals surface area contributed by atoms with E-state index in [0.717, 1.165) is 60.2 Å². The molecule has 1 fully saturated rings. The number of piperidine rings is 1. The van der Waals surface area contributed by atoms with Gasteiger partial charge in [-0.2, -0.15) is 4.98 Å². The molecule has 136 valence electrons. The van der Waals surface area contributed by atoms with Gasteiger partial charge >= 0.3 is 0 Å². The number of nitrogens with zero attached hydrogens (tertiary/aromatic N) is 4. The minimum Gasteiger partial charge on any atom is -0.357 e. The predicted molar refractivity (Wildman–Crippen MR) is 105 cm³/mol. The molecule has 6 nitrogen and oxygen atoms in total. The summed E-state index contributed by atoms with van der Waals surface area (Å²) >= 11 is 0. The highest BCUT2D eigenvalue weighted by Gasteiger charge is 2.19. The molecule has 1 aliphatic heterocycles. The number of benzene rings is 1. The number of aryl methyl sites for hydroxylation is 2. The van der Waals surface area contributed by atoms with Crippen molar-refractivity contribution in [3.8, 4) is 11.4 Å². The number of imidazole rings is 1. The monoisotopic (exact) mass is 350 g/mol. The minimum absolute atomic E-state index is 0.651. The van der Waals surface area contributed by atoms with E-state index in [2.05, 4.69) is 44.5 Å². The number of aromatic nitrogens is 4. The maximum Gasteiger partial charge on any atom is 0.224 e. The minimum atomic E-state index is 0.651. The van der Waals surface area contributed by atoms with Crippen molar-refractivity contribution in [3.05, 3.63) is 36.0 Å². The Balaban J connectivity index is 1.77. The van der Waals surface area contributed by atoms with E-state index in [1.54, 1.807) is 0 Å². The van der Waals surface area contributed by atoms with E-state index < -0.39 is 0 Å². The summed E-state index contributed by atoms with van der Waals surface area (Å²) in [6, 6.07) is 10.4. The van der Waals surface area contributed by atoms with Crippen molar-refractivity contribution in [1.29, 1.82) is 0 Å². The molecule has 0 amide bonds. The number of nitrogens with one attached hydrogen (secondary N) is 2. The summed E-state index contributed by atoms with van der Waals surface area (Å²) in [4.78, 5) is 14.2. The lowest BCUT2D eigenvalue weighted by molar-refractivity contribution is 0.339. The van der Waals surface area contributed by atoms with Gasteiger partial charge in [0.2, 0.25) is 5.95 Å². The Bertz CT molecular complexity index is 880. The molecule has 4 rings (SSSR count). The van der Waals surface area contributed by atoms with Crippen molar-refractivity contribution < 1.29 is 0 Å². The fraction of sp³-hybridized carbons (Fsp3) is 0.450. The van der Waals surface area contributed by atoms with Crippen LogP contribution in [0.3, 0.4) is 0 Å². The molecule has 0 radical (unpaired) electrons. The molecule has 0 unspecified atom stereocenters. The molecule has 6 heteroatoms. The number of hydrogen-bond acceptors (Lipinski definition) is 5. The topological polar surface area (TPSA) is 67.7 Å². The van der Waals surface area contributed by atoms with E-state index in [1.807, 2.05) is 20.0 Å². The zero-order valence-electron chi connectivity index (χ0n) is 15.5. The van der Waals surface area contributed by atoms with Crippen LogP contribution >= 0.6 is 0 Å². The fourth-order valence-electron chi connectivity index (χ4n) is 3.75. The Labute approximate surface area is 154 Å². The summed E-state index contributed by atoms with van der Waals surface area (Å²) in [6.45, 7) is 5.20. The molecule has 2 N–H and O–H groups in total. The van der Waals surface area contributed by atoms with Crippen LogP contribution in [-0.2, 0) is 6.54 Å². The van der Waals surface area contributed by atoms with Crippen LogP contribution < -0.4 is 10.6 Å². The van der Waals surface area contributed by atoms with Gasteiger partial charge < -0.3 is 15.2 Å². The first-order valence-corrected chi connectivity index (χ1v) is 9.45. The first-order valence-electron chi connectivity index (χ1n) is 9.45. The molecule has 0 spiro atoms. The van der Waals surface area contributed by atoms with Crippen LogP contribution in [-0.4, -0.2) is 39.7 Å². The van der Waals surface area contributed by atoms with E-state index in [9.17, 15) is 0 Å². The highest BCUT2D eigenvalue weighted by atomic mass is 15.2. The zero-order valence-corrected chi connectivity index (χ0v) is 15.5. The highest BCUT2D eigenvalue weighted by Crippen LogP contribution is 2.27. The average Bonchev–Trinajstić information content (AvgIpc) is 3.07. The summed E-state index contributed by atoms with van der Waals surface area (Å²) < 4.78 is 2.28. The summed E-state index contributed by atoms with van der Waals surface area (Å²) in [5.41, 5.74) is 3.86. The largest absolute Gasteiger partial charge is 0.357 e. The maximum absolute atomic E-state index is 4.92. The van der Waals surface area contributed by atoms with Crippen LogP contribution in [0.4, 0.5) is 5.95 Å². The molecule has 1 aromatic carbocycles. The standard InChI is InChI=1S/C20H26N6/c1-14-17-19(25-20(21-2)23-14)26(13-10-15-8-11-22-12-9-15)18(24-17)16-6-4-3-5-7-16/h3-7,15,22H,8-13H2,1-2H3,(H,21,23,25). The molecular formula is C20H26N6. The molecule has 1 saturated heterocycles. The second-order valence-corrected chi connectivity index (χ2v) is 6.99. The zero-order chi connectivity index (χ0) is 17.9. The van der Waals surface area contributed by atoms with Crippen LogP contribution in [0.25, 0.3) is 22.6 Å². The summed E-state index contributed by atoms with van der Waals surface area (Å²) in [5.74, 6) is 2.40. The van der Waals surface area contributed by atoms with E-state index in [1.165, 1.54) is 12.8 Å². The van der Waals surface area contributed by atoms with Gasteiger partial charge in [-0.15, -0.1) is 0 Å². The highest BCUT2D eigenvalue weighted by molar-refractivity contribution is 5.80. The van der Waals surface area contributed by atoms with E-state index in [-0.39, 0.29) is 0 Å². The quantitative estimate of drug-likeness (QED) is 0.739. The molecule has 0 bridgehead atoms. The lowest BCUT2D eigenvalue weighted by atomic mass is 9.95. The van der Waals surface area contributed by atoms with Gasteiger partial charge in [-0.05, 0) is 45.2 Å². The van der Waals surface area contributed by atoms with E-state index >= 15 is 0 Å². The normalized spacial score (nSPS) is 15.5. The maximum atomic E-state index is 4.92. The first kappa shape index (κ1) is 17.0. The molecule has 0 saturated carbocycles.